The molecule has 3 N–H and O–H groups in total. The van der Waals surface area contributed by atoms with Gasteiger partial charge in [-0.25, -0.2) is 0 Å². The summed E-state index contributed by atoms with van der Waals surface area (Å²) < 4.78 is 0. The number of aryl methyl sites for hydroxylation is 1. The van der Waals surface area contributed by atoms with Crippen LogP contribution in [0.4, 0.5) is 5.69 Å². The van der Waals surface area contributed by atoms with Crippen LogP contribution in [0.3, 0.4) is 0 Å². The predicted octanol–water partition coefficient (Wildman–Crippen LogP) is 2.21. The Morgan fingerprint density at radius 1 is 1.47 bits per heavy atom. The molecule has 0 aromatic heterocycles. The molecule has 102 valence electrons. The van der Waals surface area contributed by atoms with Crippen molar-refractivity contribution in [3.05, 3.63) is 28.8 Å². The molecule has 1 aliphatic carbocycles. The van der Waals surface area contributed by atoms with E-state index in [0.29, 0.717) is 16.2 Å². The van der Waals surface area contributed by atoms with E-state index in [1.165, 1.54) is 0 Å². The molecule has 1 aromatic rings. The van der Waals surface area contributed by atoms with Crippen LogP contribution in [0.15, 0.2) is 18.2 Å². The normalized spacial score (nSPS) is 13.8. The fourth-order valence-electron chi connectivity index (χ4n) is 1.51. The van der Waals surface area contributed by atoms with E-state index in [0.717, 1.165) is 24.1 Å². The van der Waals surface area contributed by atoms with Gasteiger partial charge in [-0.3, -0.25) is 4.79 Å². The van der Waals surface area contributed by atoms with Gasteiger partial charge in [0.25, 0.3) is 0 Å². The van der Waals surface area contributed by atoms with Gasteiger partial charge in [0.1, 0.15) is 0 Å². The van der Waals surface area contributed by atoms with Gasteiger partial charge in [0.05, 0.1) is 6.54 Å². The molecule has 4 nitrogen and oxygen atoms in total. The van der Waals surface area contributed by atoms with Crippen molar-refractivity contribution in [3.63, 3.8) is 0 Å². The summed E-state index contributed by atoms with van der Waals surface area (Å²) in [5.74, 6) is -0.0337. The summed E-state index contributed by atoms with van der Waals surface area (Å²) >= 11 is 11.1. The lowest BCUT2D eigenvalue weighted by molar-refractivity contribution is -0.120. The van der Waals surface area contributed by atoms with E-state index < -0.39 is 0 Å². The van der Waals surface area contributed by atoms with Gasteiger partial charge in [0, 0.05) is 16.8 Å². The number of halogens is 1. The lowest BCUT2D eigenvalue weighted by Gasteiger charge is -2.11. The molecular weight excluding hydrogens is 282 g/mol. The molecule has 1 aromatic carbocycles. The maximum Gasteiger partial charge on any atom is 0.239 e. The monoisotopic (exact) mass is 297 g/mol. The average molecular weight is 298 g/mol. The highest BCUT2D eigenvalue weighted by Crippen LogP contribution is 2.20. The number of carbonyl (C=O) groups is 1. The Bertz CT molecular complexity index is 503. The van der Waals surface area contributed by atoms with Gasteiger partial charge < -0.3 is 16.0 Å². The minimum absolute atomic E-state index is 0.0337. The highest BCUT2D eigenvalue weighted by Gasteiger charge is 2.22. The van der Waals surface area contributed by atoms with E-state index in [1.807, 2.05) is 19.1 Å². The second-order valence-electron chi connectivity index (χ2n) is 4.61. The summed E-state index contributed by atoms with van der Waals surface area (Å²) in [6, 6.07) is 5.97. The maximum atomic E-state index is 11.5. The van der Waals surface area contributed by atoms with Crippen molar-refractivity contribution >= 4 is 40.5 Å². The van der Waals surface area contributed by atoms with Gasteiger partial charge >= 0.3 is 0 Å². The van der Waals surface area contributed by atoms with Crippen molar-refractivity contribution in [2.75, 3.05) is 11.9 Å². The third-order valence-electron chi connectivity index (χ3n) is 2.78. The topological polar surface area (TPSA) is 53.2 Å². The first-order valence-corrected chi connectivity index (χ1v) is 6.93. The molecule has 6 heteroatoms. The second kappa shape index (κ2) is 6.21. The quantitative estimate of drug-likeness (QED) is 0.746. The van der Waals surface area contributed by atoms with Gasteiger partial charge in [-0.15, -0.1) is 0 Å². The number of hydrogen-bond acceptors (Lipinski definition) is 2. The molecule has 0 radical (unpaired) electrons. The molecule has 1 fully saturated rings. The summed E-state index contributed by atoms with van der Waals surface area (Å²) in [5.41, 5.74) is 1.81. The third-order valence-corrected chi connectivity index (χ3v) is 3.44. The molecule has 0 unspecified atom stereocenters. The Balaban J connectivity index is 1.76. The molecule has 1 saturated carbocycles. The molecule has 0 aliphatic heterocycles. The fraction of sp³-hybridized carbons (Fsp3) is 0.385. The number of amides is 1. The van der Waals surface area contributed by atoms with Crippen molar-refractivity contribution in [2.45, 2.75) is 25.8 Å². The zero-order valence-corrected chi connectivity index (χ0v) is 12.2. The van der Waals surface area contributed by atoms with Crippen molar-refractivity contribution in [1.29, 1.82) is 0 Å². The Morgan fingerprint density at radius 2 is 2.21 bits per heavy atom. The lowest BCUT2D eigenvalue weighted by atomic mass is 10.2. The molecule has 0 heterocycles. The van der Waals surface area contributed by atoms with Crippen LogP contribution in [-0.2, 0) is 4.79 Å². The highest BCUT2D eigenvalue weighted by atomic mass is 35.5. The minimum Gasteiger partial charge on any atom is -0.353 e. The van der Waals surface area contributed by atoms with Crippen LogP contribution in [0, 0.1) is 6.92 Å². The first-order valence-electron chi connectivity index (χ1n) is 6.15. The van der Waals surface area contributed by atoms with E-state index in [1.54, 1.807) is 6.07 Å². The Hall–Kier alpha value is -1.33. The van der Waals surface area contributed by atoms with Crippen molar-refractivity contribution < 1.29 is 4.79 Å². The van der Waals surface area contributed by atoms with Crippen LogP contribution in [0.2, 0.25) is 5.02 Å². The predicted molar refractivity (Wildman–Crippen MR) is 81.6 cm³/mol. The van der Waals surface area contributed by atoms with Crippen molar-refractivity contribution in [2.24, 2.45) is 0 Å². The third kappa shape index (κ3) is 4.69. The molecule has 19 heavy (non-hydrogen) atoms. The van der Waals surface area contributed by atoms with Gasteiger partial charge in [-0.05, 0) is 49.7 Å². The van der Waals surface area contributed by atoms with Crippen LogP contribution in [-0.4, -0.2) is 23.6 Å². The molecule has 1 aliphatic rings. The van der Waals surface area contributed by atoms with E-state index in [4.69, 9.17) is 23.8 Å². The van der Waals surface area contributed by atoms with Crippen molar-refractivity contribution in [3.8, 4) is 0 Å². The number of anilines is 1. The first-order chi connectivity index (χ1) is 9.04. The molecule has 0 atom stereocenters. The van der Waals surface area contributed by atoms with Crippen LogP contribution in [0.5, 0.6) is 0 Å². The van der Waals surface area contributed by atoms with E-state index in [9.17, 15) is 4.79 Å². The molecule has 0 spiro atoms. The van der Waals surface area contributed by atoms with Gasteiger partial charge in [0.2, 0.25) is 5.91 Å². The zero-order chi connectivity index (χ0) is 13.8. The number of nitrogens with one attached hydrogen (secondary N) is 3. The fourth-order valence-corrected chi connectivity index (χ4v) is 1.88. The summed E-state index contributed by atoms with van der Waals surface area (Å²) in [5, 5.41) is 9.82. The molecule has 1 amide bonds. The summed E-state index contributed by atoms with van der Waals surface area (Å²) in [6.45, 7) is 2.12. The SMILES string of the molecule is Cc1ccc(NC(=S)NCC(=O)NC2CC2)cc1Cl. The number of carbonyl (C=O) groups excluding carboxylic acids is 1. The summed E-state index contributed by atoms with van der Waals surface area (Å²) in [4.78, 5) is 11.5. The van der Waals surface area contributed by atoms with Crippen LogP contribution < -0.4 is 16.0 Å². The molecule has 2 rings (SSSR count). The zero-order valence-electron chi connectivity index (χ0n) is 10.6. The average Bonchev–Trinajstić information content (AvgIpc) is 3.15. The number of benzene rings is 1. The Morgan fingerprint density at radius 3 is 2.84 bits per heavy atom. The lowest BCUT2D eigenvalue weighted by Crippen LogP contribution is -2.39. The minimum atomic E-state index is -0.0337. The molecule has 0 bridgehead atoms. The largest absolute Gasteiger partial charge is 0.353 e. The van der Waals surface area contributed by atoms with E-state index in [-0.39, 0.29) is 12.5 Å². The standard InChI is InChI=1S/C13H16ClN3OS/c1-8-2-3-10(6-11(8)14)17-13(19)15-7-12(18)16-9-4-5-9/h2-3,6,9H,4-5,7H2,1H3,(H,16,18)(H2,15,17,19). The van der Waals surface area contributed by atoms with Crippen LogP contribution >= 0.6 is 23.8 Å². The van der Waals surface area contributed by atoms with Crippen molar-refractivity contribution in [1.82, 2.24) is 10.6 Å². The molecular formula is C13H16ClN3OS. The van der Waals surface area contributed by atoms with E-state index in [2.05, 4.69) is 16.0 Å². The first kappa shape index (κ1) is 14.1. The maximum absolute atomic E-state index is 11.5. The smallest absolute Gasteiger partial charge is 0.239 e. The van der Waals surface area contributed by atoms with Crippen LogP contribution in [0.1, 0.15) is 18.4 Å². The van der Waals surface area contributed by atoms with E-state index >= 15 is 0 Å². The Kier molecular flexibility index (Phi) is 4.61. The summed E-state index contributed by atoms with van der Waals surface area (Å²) in [7, 11) is 0. The number of rotatable bonds is 4. The second-order valence-corrected chi connectivity index (χ2v) is 5.43. The Labute approximate surface area is 122 Å². The number of thiocarbonyl (C=S) groups is 1. The van der Waals surface area contributed by atoms with Gasteiger partial charge in [-0.1, -0.05) is 17.7 Å². The highest BCUT2D eigenvalue weighted by molar-refractivity contribution is 7.80. The molecule has 0 saturated heterocycles. The van der Waals surface area contributed by atoms with Crippen LogP contribution in [0.25, 0.3) is 0 Å². The number of hydrogen-bond donors (Lipinski definition) is 3. The van der Waals surface area contributed by atoms with Gasteiger partial charge in [-0.2, -0.15) is 0 Å². The summed E-state index contributed by atoms with van der Waals surface area (Å²) in [6.07, 6.45) is 2.16. The van der Waals surface area contributed by atoms with Gasteiger partial charge in [0.15, 0.2) is 5.11 Å².